The molecule has 0 spiro atoms. The second-order valence-corrected chi connectivity index (χ2v) is 4.15. The third-order valence-corrected chi connectivity index (χ3v) is 3.01. The number of Topliss-reactive ketones (excluding diaryl/α,β-unsaturated/α-hetero) is 1. The summed E-state index contributed by atoms with van der Waals surface area (Å²) in [6.45, 7) is 0. The van der Waals surface area contributed by atoms with Crippen LogP contribution in [-0.2, 0) is 4.79 Å². The predicted molar refractivity (Wildman–Crippen MR) is 62.6 cm³/mol. The van der Waals surface area contributed by atoms with Crippen molar-refractivity contribution in [1.29, 1.82) is 5.26 Å². The highest BCUT2D eigenvalue weighted by molar-refractivity contribution is 6.04. The van der Waals surface area contributed by atoms with Gasteiger partial charge in [0.15, 0.2) is 5.78 Å². The number of nitriles is 1. The van der Waals surface area contributed by atoms with Crippen LogP contribution in [-0.4, -0.2) is 15.8 Å². The molecule has 0 radical (unpaired) electrons. The first-order valence-electron chi connectivity index (χ1n) is 5.73. The minimum absolute atomic E-state index is 0.0303. The molecule has 0 unspecified atom stereocenters. The number of hydrogen-bond acceptors (Lipinski definition) is 4. The Hall–Kier alpha value is -2.02. The van der Waals surface area contributed by atoms with Crippen LogP contribution >= 0.6 is 0 Å². The number of ketones is 1. The zero-order valence-corrected chi connectivity index (χ0v) is 9.47. The first kappa shape index (κ1) is 11.5. The maximum Gasteiger partial charge on any atom is 0.176 e. The molecule has 2 rings (SSSR count). The average molecular weight is 227 g/mol. The molecule has 1 aromatic heterocycles. The molecule has 0 saturated heterocycles. The van der Waals surface area contributed by atoms with E-state index in [0.717, 1.165) is 25.7 Å². The molecule has 0 aromatic carbocycles. The summed E-state index contributed by atoms with van der Waals surface area (Å²) in [6.07, 6.45) is 8.52. The third-order valence-electron chi connectivity index (χ3n) is 3.01. The van der Waals surface area contributed by atoms with E-state index in [-0.39, 0.29) is 17.3 Å². The lowest BCUT2D eigenvalue weighted by Gasteiger charge is -2.05. The Morgan fingerprint density at radius 2 is 2.24 bits per heavy atom. The molecule has 0 aliphatic heterocycles. The Bertz CT molecular complexity index is 467. The van der Waals surface area contributed by atoms with Gasteiger partial charge >= 0.3 is 0 Å². The number of rotatable bonds is 3. The molecule has 1 aliphatic rings. The minimum atomic E-state index is -0.0383. The van der Waals surface area contributed by atoms with Crippen LogP contribution in [0.4, 0.5) is 0 Å². The molecule has 0 amide bonds. The van der Waals surface area contributed by atoms with E-state index in [0.29, 0.717) is 5.69 Å². The predicted octanol–water partition coefficient (Wildman–Crippen LogP) is 2.14. The number of aromatic nitrogens is 2. The molecule has 0 N–H and O–H groups in total. The van der Waals surface area contributed by atoms with Crippen molar-refractivity contribution >= 4 is 11.9 Å². The molecule has 0 atom stereocenters. The van der Waals surface area contributed by atoms with Gasteiger partial charge in [-0.3, -0.25) is 4.79 Å². The van der Waals surface area contributed by atoms with Crippen LogP contribution in [0.15, 0.2) is 24.2 Å². The summed E-state index contributed by atoms with van der Waals surface area (Å²) in [4.78, 5) is 19.8. The Labute approximate surface area is 100 Å². The van der Waals surface area contributed by atoms with Gasteiger partial charge < -0.3 is 0 Å². The summed E-state index contributed by atoms with van der Waals surface area (Å²) in [6, 6.07) is 3.66. The summed E-state index contributed by atoms with van der Waals surface area (Å²) in [5, 5.41) is 9.04. The van der Waals surface area contributed by atoms with Crippen LogP contribution in [0.3, 0.4) is 0 Å². The molecule has 1 fully saturated rings. The zero-order chi connectivity index (χ0) is 12.1. The van der Waals surface area contributed by atoms with Gasteiger partial charge in [0, 0.05) is 12.1 Å². The van der Waals surface area contributed by atoms with Crippen LogP contribution in [0.5, 0.6) is 0 Å². The molecule has 1 aliphatic carbocycles. The first-order valence-corrected chi connectivity index (χ1v) is 5.73. The van der Waals surface area contributed by atoms with Gasteiger partial charge in [-0.05, 0) is 25.0 Å². The quantitative estimate of drug-likeness (QED) is 0.586. The second kappa shape index (κ2) is 5.35. The fraction of sp³-hybridized carbons (Fsp3) is 0.385. The monoisotopic (exact) mass is 227 g/mol. The minimum Gasteiger partial charge on any atom is -0.293 e. The summed E-state index contributed by atoms with van der Waals surface area (Å²) in [5.74, 6) is -0.00801. The molecule has 1 aromatic rings. The molecule has 1 heterocycles. The number of nitrogens with zero attached hydrogens (tertiary/aromatic N) is 3. The molecule has 1 saturated carbocycles. The molecule has 86 valence electrons. The maximum atomic E-state index is 12.0. The van der Waals surface area contributed by atoms with Crippen LogP contribution in [0.25, 0.3) is 6.08 Å². The van der Waals surface area contributed by atoms with Gasteiger partial charge in [-0.2, -0.15) is 5.26 Å². The summed E-state index contributed by atoms with van der Waals surface area (Å²) in [5.41, 5.74) is 0.804. The number of carbonyl (C=O) groups is 1. The van der Waals surface area contributed by atoms with Gasteiger partial charge in [0.2, 0.25) is 0 Å². The van der Waals surface area contributed by atoms with Crippen molar-refractivity contribution in [3.8, 4) is 6.07 Å². The first-order chi connectivity index (χ1) is 8.31. The Kier molecular flexibility index (Phi) is 3.61. The van der Waals surface area contributed by atoms with Gasteiger partial charge in [-0.25, -0.2) is 9.97 Å². The van der Waals surface area contributed by atoms with Crippen molar-refractivity contribution in [2.24, 2.45) is 5.92 Å². The van der Waals surface area contributed by atoms with Crippen molar-refractivity contribution in [3.05, 3.63) is 29.9 Å². The smallest absolute Gasteiger partial charge is 0.176 e. The number of hydrogen-bond donors (Lipinski definition) is 0. The summed E-state index contributed by atoms with van der Waals surface area (Å²) in [7, 11) is 0. The molecular weight excluding hydrogens is 214 g/mol. The molecule has 4 nitrogen and oxygen atoms in total. The molecule has 4 heteroatoms. The van der Waals surface area contributed by atoms with Crippen LogP contribution < -0.4 is 0 Å². The van der Waals surface area contributed by atoms with Crippen molar-refractivity contribution in [3.63, 3.8) is 0 Å². The lowest BCUT2D eigenvalue weighted by molar-refractivity contribution is -0.118. The van der Waals surface area contributed by atoms with Gasteiger partial charge in [0.25, 0.3) is 0 Å². The Balaban J connectivity index is 2.19. The largest absolute Gasteiger partial charge is 0.293 e. The molecule has 0 bridgehead atoms. The summed E-state index contributed by atoms with van der Waals surface area (Å²) >= 11 is 0. The SMILES string of the molecule is N#C/C(=C\c1ccncn1)C(=O)C1CCCC1. The maximum absolute atomic E-state index is 12.0. The fourth-order valence-electron chi connectivity index (χ4n) is 2.10. The van der Waals surface area contributed by atoms with E-state index in [4.69, 9.17) is 5.26 Å². The van der Waals surface area contributed by atoms with E-state index in [1.807, 2.05) is 6.07 Å². The Morgan fingerprint density at radius 1 is 1.47 bits per heavy atom. The van der Waals surface area contributed by atoms with E-state index in [9.17, 15) is 4.79 Å². The molecular formula is C13H13N3O. The normalized spacial score (nSPS) is 16.8. The summed E-state index contributed by atoms with van der Waals surface area (Å²) < 4.78 is 0. The van der Waals surface area contributed by atoms with E-state index in [1.54, 1.807) is 18.3 Å². The zero-order valence-electron chi connectivity index (χ0n) is 9.47. The van der Waals surface area contributed by atoms with Gasteiger partial charge in [0.1, 0.15) is 12.4 Å². The number of allylic oxidation sites excluding steroid dienone is 1. The highest BCUT2D eigenvalue weighted by Crippen LogP contribution is 2.27. The fourth-order valence-corrected chi connectivity index (χ4v) is 2.10. The topological polar surface area (TPSA) is 66.6 Å². The van der Waals surface area contributed by atoms with Gasteiger partial charge in [0.05, 0.1) is 11.3 Å². The lowest BCUT2D eigenvalue weighted by Crippen LogP contribution is -2.12. The number of carbonyl (C=O) groups excluding carboxylic acids is 1. The third kappa shape index (κ3) is 2.76. The highest BCUT2D eigenvalue weighted by atomic mass is 16.1. The van der Waals surface area contributed by atoms with Crippen molar-refractivity contribution in [1.82, 2.24) is 9.97 Å². The van der Waals surface area contributed by atoms with E-state index >= 15 is 0 Å². The van der Waals surface area contributed by atoms with Crippen LogP contribution in [0.1, 0.15) is 31.4 Å². The molecule has 17 heavy (non-hydrogen) atoms. The van der Waals surface area contributed by atoms with E-state index in [2.05, 4.69) is 9.97 Å². The standard InChI is InChI=1S/C13H13N3O/c14-8-11(7-12-5-6-15-9-16-12)13(17)10-3-1-2-4-10/h5-7,9-10H,1-4H2/b11-7+. The highest BCUT2D eigenvalue weighted by Gasteiger charge is 2.25. The average Bonchev–Trinajstić information content (AvgIpc) is 2.90. The van der Waals surface area contributed by atoms with Crippen molar-refractivity contribution in [2.75, 3.05) is 0 Å². The van der Waals surface area contributed by atoms with Gasteiger partial charge in [-0.1, -0.05) is 12.8 Å². The lowest BCUT2D eigenvalue weighted by atomic mass is 9.96. The second-order valence-electron chi connectivity index (χ2n) is 4.15. The van der Waals surface area contributed by atoms with Crippen LogP contribution in [0, 0.1) is 17.2 Å². The van der Waals surface area contributed by atoms with Gasteiger partial charge in [-0.15, -0.1) is 0 Å². The van der Waals surface area contributed by atoms with E-state index < -0.39 is 0 Å². The van der Waals surface area contributed by atoms with Crippen molar-refractivity contribution < 1.29 is 4.79 Å². The van der Waals surface area contributed by atoms with Crippen molar-refractivity contribution in [2.45, 2.75) is 25.7 Å². The van der Waals surface area contributed by atoms with E-state index in [1.165, 1.54) is 6.33 Å². The van der Waals surface area contributed by atoms with Crippen LogP contribution in [0.2, 0.25) is 0 Å². The Morgan fingerprint density at radius 3 is 2.82 bits per heavy atom.